The summed E-state index contributed by atoms with van der Waals surface area (Å²) in [5.74, 6) is 1.10. The van der Waals surface area contributed by atoms with Gasteiger partial charge in [-0.1, -0.05) is 0 Å². The number of benzene rings is 4. The lowest BCUT2D eigenvalue weighted by Gasteiger charge is -2.32. The van der Waals surface area contributed by atoms with Gasteiger partial charge in [0.1, 0.15) is 0 Å². The number of rotatable bonds is 0. The van der Waals surface area contributed by atoms with Crippen molar-refractivity contribution >= 4 is 55.1 Å². The molecule has 15 rings (SSSR count). The molecule has 0 heterocycles. The number of hydrogen-bond acceptors (Lipinski definition) is 4. The highest BCUT2D eigenvalue weighted by atomic mass is 14.7. The molecule has 26 heavy (non-hydrogen) atoms. The third-order valence-corrected chi connectivity index (χ3v) is 6.98. The Hall–Kier alpha value is -2.88. The topological polar surface area (TPSA) is 104 Å². The maximum atomic E-state index is 6.53. The average Bonchev–Trinajstić information content (AvgIpc) is 2.67. The summed E-state index contributed by atoms with van der Waals surface area (Å²) in [6, 6.07) is 9.01. The third-order valence-electron chi connectivity index (χ3n) is 6.98. The minimum Gasteiger partial charge on any atom is -0.397 e. The first-order valence-corrected chi connectivity index (χ1v) is 9.42. The van der Waals surface area contributed by atoms with Crippen molar-refractivity contribution in [3.05, 3.63) is 35.4 Å². The van der Waals surface area contributed by atoms with Crippen LogP contribution in [0.25, 0.3) is 32.3 Å². The first-order chi connectivity index (χ1) is 12.5. The molecule has 1 saturated carbocycles. The van der Waals surface area contributed by atoms with Crippen LogP contribution in [0.15, 0.2) is 24.3 Å². The summed E-state index contributed by atoms with van der Waals surface area (Å²) in [7, 11) is 0. The molecule has 1 fully saturated rings. The van der Waals surface area contributed by atoms with E-state index in [1.165, 1.54) is 36.8 Å². The van der Waals surface area contributed by atoms with Crippen LogP contribution >= 0.6 is 0 Å². The first-order valence-electron chi connectivity index (χ1n) is 9.42. The highest BCUT2D eigenvalue weighted by Crippen LogP contribution is 2.52. The quantitative estimate of drug-likeness (QED) is 0.275. The molecular formula is C22H22N4. The maximum Gasteiger partial charge on any atom is 0.0634 e. The highest BCUT2D eigenvalue weighted by Gasteiger charge is 2.29. The molecule has 0 unspecified atom stereocenters. The third kappa shape index (κ3) is 1.52. The second-order valence-corrected chi connectivity index (χ2v) is 8.19. The van der Waals surface area contributed by atoms with Crippen molar-refractivity contribution in [1.82, 2.24) is 0 Å². The van der Waals surface area contributed by atoms with Gasteiger partial charge in [0.05, 0.1) is 22.7 Å². The molecule has 0 aromatic heterocycles. The van der Waals surface area contributed by atoms with E-state index in [4.69, 9.17) is 22.9 Å². The van der Waals surface area contributed by atoms with Crippen LogP contribution in [0, 0.1) is 0 Å². The molecule has 4 aromatic carbocycles. The number of hydrogen-bond donors (Lipinski definition) is 4. The Morgan fingerprint density at radius 3 is 1.04 bits per heavy atom. The van der Waals surface area contributed by atoms with E-state index in [1.807, 2.05) is 0 Å². The van der Waals surface area contributed by atoms with Crippen molar-refractivity contribution in [2.45, 2.75) is 37.5 Å². The van der Waals surface area contributed by atoms with E-state index in [-0.39, 0.29) is 0 Å². The van der Waals surface area contributed by atoms with Gasteiger partial charge in [0, 0.05) is 32.3 Å². The standard InChI is InChI=1S/C22H22N4/c23-19-13-5-11-6-14-17(13)18-15(21(19)25)7-12(8-16(18)22(26)20(14)24)10-2-1-9(11)3-4-10/h5-10H,1-4,23-26H2. The van der Waals surface area contributed by atoms with Crippen molar-refractivity contribution in [1.29, 1.82) is 0 Å². The summed E-state index contributed by atoms with van der Waals surface area (Å²) in [6.45, 7) is 0. The molecule has 0 atom stereocenters. The van der Waals surface area contributed by atoms with Crippen LogP contribution in [0.2, 0.25) is 0 Å². The second kappa shape index (κ2) is 4.44. The zero-order valence-corrected chi connectivity index (χ0v) is 14.6. The summed E-state index contributed by atoms with van der Waals surface area (Å²) in [4.78, 5) is 0. The van der Waals surface area contributed by atoms with Gasteiger partial charge in [-0.15, -0.1) is 0 Å². The fourth-order valence-corrected chi connectivity index (χ4v) is 5.53. The molecule has 0 radical (unpaired) electrons. The van der Waals surface area contributed by atoms with Gasteiger partial charge in [-0.05, 0) is 72.9 Å². The van der Waals surface area contributed by atoms with Gasteiger partial charge in [0.15, 0.2) is 0 Å². The molecule has 4 heteroatoms. The van der Waals surface area contributed by atoms with E-state index in [1.54, 1.807) is 0 Å². The van der Waals surface area contributed by atoms with Gasteiger partial charge in [-0.3, -0.25) is 0 Å². The minimum absolute atomic E-state index is 0.551. The van der Waals surface area contributed by atoms with Crippen molar-refractivity contribution in [3.63, 3.8) is 0 Å². The van der Waals surface area contributed by atoms with Gasteiger partial charge in [0.25, 0.3) is 0 Å². The lowest BCUT2D eigenvalue weighted by Crippen LogP contribution is -2.14. The molecule has 0 saturated heterocycles. The highest BCUT2D eigenvalue weighted by molar-refractivity contribution is 6.34. The van der Waals surface area contributed by atoms with Crippen molar-refractivity contribution in [2.75, 3.05) is 22.9 Å². The van der Waals surface area contributed by atoms with Crippen molar-refractivity contribution in [2.24, 2.45) is 0 Å². The van der Waals surface area contributed by atoms with E-state index >= 15 is 0 Å². The van der Waals surface area contributed by atoms with Crippen LogP contribution in [-0.2, 0) is 0 Å². The fraction of sp³-hybridized carbons (Fsp3) is 0.273. The Kier molecular flexibility index (Phi) is 2.45. The molecule has 8 N–H and O–H groups in total. The Morgan fingerprint density at radius 1 is 0.500 bits per heavy atom. The number of nitrogen functional groups attached to an aromatic ring is 4. The van der Waals surface area contributed by atoms with E-state index in [9.17, 15) is 0 Å². The Labute approximate surface area is 151 Å². The molecule has 0 amide bonds. The van der Waals surface area contributed by atoms with Gasteiger partial charge < -0.3 is 22.9 Å². The van der Waals surface area contributed by atoms with Gasteiger partial charge in [-0.25, -0.2) is 0 Å². The van der Waals surface area contributed by atoms with Crippen LogP contribution in [0.4, 0.5) is 22.7 Å². The molecular weight excluding hydrogens is 320 g/mol. The smallest absolute Gasteiger partial charge is 0.0634 e. The lowest BCUT2D eigenvalue weighted by atomic mass is 9.73. The maximum absolute atomic E-state index is 6.53. The summed E-state index contributed by atoms with van der Waals surface area (Å²) < 4.78 is 0. The molecule has 4 aromatic rings. The second-order valence-electron chi connectivity index (χ2n) is 8.19. The Morgan fingerprint density at radius 2 is 0.769 bits per heavy atom. The van der Waals surface area contributed by atoms with E-state index in [0.29, 0.717) is 34.6 Å². The molecule has 130 valence electrons. The Bertz CT molecular complexity index is 1060. The van der Waals surface area contributed by atoms with Crippen molar-refractivity contribution in [3.8, 4) is 0 Å². The zero-order valence-electron chi connectivity index (χ0n) is 14.6. The molecule has 0 aliphatic heterocycles. The lowest BCUT2D eigenvalue weighted by molar-refractivity contribution is 0.397. The summed E-state index contributed by atoms with van der Waals surface area (Å²) in [5, 5.41) is 6.31. The average molecular weight is 342 g/mol. The van der Waals surface area contributed by atoms with Crippen LogP contribution in [0.3, 0.4) is 0 Å². The molecule has 11 aliphatic rings. The monoisotopic (exact) mass is 342 g/mol. The van der Waals surface area contributed by atoms with Gasteiger partial charge >= 0.3 is 0 Å². The first kappa shape index (κ1) is 14.3. The molecule has 10 bridgehead atoms. The van der Waals surface area contributed by atoms with Crippen molar-refractivity contribution < 1.29 is 0 Å². The predicted molar refractivity (Wildman–Crippen MR) is 112 cm³/mol. The summed E-state index contributed by atoms with van der Waals surface area (Å²) >= 11 is 0. The molecule has 11 aliphatic carbocycles. The molecule has 0 spiro atoms. The number of nitrogens with two attached hydrogens (primary N) is 4. The normalized spacial score (nSPS) is 21.8. The van der Waals surface area contributed by atoms with Crippen LogP contribution in [0.5, 0.6) is 0 Å². The van der Waals surface area contributed by atoms with Gasteiger partial charge in [-0.2, -0.15) is 0 Å². The molecule has 4 nitrogen and oxygen atoms in total. The van der Waals surface area contributed by atoms with Crippen LogP contribution in [-0.4, -0.2) is 0 Å². The minimum atomic E-state index is 0.551. The fourth-order valence-electron chi connectivity index (χ4n) is 5.53. The van der Waals surface area contributed by atoms with E-state index < -0.39 is 0 Å². The van der Waals surface area contributed by atoms with E-state index in [2.05, 4.69) is 24.3 Å². The zero-order chi connectivity index (χ0) is 17.7. The summed E-state index contributed by atoms with van der Waals surface area (Å²) in [6.07, 6.45) is 4.81. The van der Waals surface area contributed by atoms with E-state index in [0.717, 1.165) is 32.3 Å². The number of anilines is 4. The SMILES string of the molecule is Nc1c(N)c2cc3cc4c(N)c(N)c5cc(cc1c5c24)C1CCC3CC1. The van der Waals surface area contributed by atoms with Crippen LogP contribution < -0.4 is 22.9 Å². The Balaban J connectivity index is 2.02. The predicted octanol–water partition coefficient (Wildman–Crippen LogP) is 4.67. The summed E-state index contributed by atoms with van der Waals surface area (Å²) in [5.41, 5.74) is 31.4. The van der Waals surface area contributed by atoms with Gasteiger partial charge in [0.2, 0.25) is 0 Å². The van der Waals surface area contributed by atoms with Crippen LogP contribution in [0.1, 0.15) is 48.6 Å². The largest absolute Gasteiger partial charge is 0.397 e.